The summed E-state index contributed by atoms with van der Waals surface area (Å²) in [5.74, 6) is 0. The number of aliphatic hydroxyl groups is 1. The molecule has 0 spiro atoms. The van der Waals surface area contributed by atoms with Crippen molar-refractivity contribution in [2.24, 2.45) is 5.11 Å². The van der Waals surface area contributed by atoms with Crippen LogP contribution in [0, 0.1) is 0 Å². The number of aliphatic hydroxyl groups excluding tert-OH is 1. The van der Waals surface area contributed by atoms with E-state index in [1.807, 2.05) is 13.8 Å². The number of azide groups is 1. The first kappa shape index (κ1) is 13.2. The maximum atomic E-state index is 9.38. The van der Waals surface area contributed by atoms with E-state index in [2.05, 4.69) is 10.0 Å². The van der Waals surface area contributed by atoms with Gasteiger partial charge >= 0.3 is 0 Å². The van der Waals surface area contributed by atoms with E-state index in [-0.39, 0.29) is 6.54 Å². The summed E-state index contributed by atoms with van der Waals surface area (Å²) < 4.78 is 10.4. The van der Waals surface area contributed by atoms with Crippen LogP contribution < -0.4 is 0 Å². The molecule has 0 aliphatic rings. The van der Waals surface area contributed by atoms with Crippen molar-refractivity contribution >= 4 is 0 Å². The van der Waals surface area contributed by atoms with E-state index in [0.717, 1.165) is 0 Å². The molecule has 0 aliphatic heterocycles. The Morgan fingerprint density at radius 2 is 1.93 bits per heavy atom. The fraction of sp³-hybridized carbons (Fsp3) is 1.00. The second-order valence-electron chi connectivity index (χ2n) is 2.64. The zero-order chi connectivity index (χ0) is 10.8. The molecule has 0 saturated heterocycles. The predicted octanol–water partition coefficient (Wildman–Crippen LogP) is 1.45. The van der Waals surface area contributed by atoms with Crippen molar-refractivity contribution in [1.82, 2.24) is 0 Å². The standard InChI is InChI=1S/C8H17N3O3/c1-3-13-8(14-4-2)5-7(12)6-10-11-9/h7-8,12H,3-6H2,1-2H3. The molecule has 0 fully saturated rings. The molecule has 0 aromatic heterocycles. The number of hydrogen-bond acceptors (Lipinski definition) is 4. The van der Waals surface area contributed by atoms with E-state index in [0.29, 0.717) is 19.6 Å². The molecule has 0 aliphatic carbocycles. The third kappa shape index (κ3) is 6.68. The van der Waals surface area contributed by atoms with Crippen LogP contribution in [0.15, 0.2) is 5.11 Å². The molecular formula is C8H17N3O3. The third-order valence-electron chi connectivity index (χ3n) is 1.53. The molecule has 0 rings (SSSR count). The average Bonchev–Trinajstić information content (AvgIpc) is 2.15. The molecule has 14 heavy (non-hydrogen) atoms. The molecule has 0 heterocycles. The van der Waals surface area contributed by atoms with Gasteiger partial charge in [0.25, 0.3) is 0 Å². The predicted molar refractivity (Wildman–Crippen MR) is 51.7 cm³/mol. The normalized spacial score (nSPS) is 12.6. The lowest BCUT2D eigenvalue weighted by atomic mass is 10.2. The molecule has 6 nitrogen and oxygen atoms in total. The fourth-order valence-electron chi connectivity index (χ4n) is 0.983. The monoisotopic (exact) mass is 203 g/mol. The summed E-state index contributed by atoms with van der Waals surface area (Å²) >= 11 is 0. The minimum absolute atomic E-state index is 0.0488. The number of nitrogens with zero attached hydrogens (tertiary/aromatic N) is 3. The van der Waals surface area contributed by atoms with Gasteiger partial charge in [-0.1, -0.05) is 5.11 Å². The van der Waals surface area contributed by atoms with Crippen LogP contribution in [0.4, 0.5) is 0 Å². The van der Waals surface area contributed by atoms with Gasteiger partial charge in [0, 0.05) is 24.5 Å². The van der Waals surface area contributed by atoms with Crippen molar-refractivity contribution in [3.63, 3.8) is 0 Å². The van der Waals surface area contributed by atoms with Gasteiger partial charge in [0.05, 0.1) is 12.6 Å². The topological polar surface area (TPSA) is 87.5 Å². The molecule has 0 saturated carbocycles. The fourth-order valence-corrected chi connectivity index (χ4v) is 0.983. The third-order valence-corrected chi connectivity index (χ3v) is 1.53. The van der Waals surface area contributed by atoms with Gasteiger partial charge in [-0.3, -0.25) is 0 Å². The van der Waals surface area contributed by atoms with Gasteiger partial charge < -0.3 is 14.6 Å². The Labute approximate surface area is 83.4 Å². The molecule has 1 N–H and O–H groups in total. The highest BCUT2D eigenvalue weighted by molar-refractivity contribution is 4.62. The summed E-state index contributed by atoms with van der Waals surface area (Å²) in [4.78, 5) is 2.56. The summed E-state index contributed by atoms with van der Waals surface area (Å²) in [6, 6.07) is 0. The van der Waals surface area contributed by atoms with Crippen LogP contribution in [0.2, 0.25) is 0 Å². The van der Waals surface area contributed by atoms with Crippen molar-refractivity contribution in [1.29, 1.82) is 0 Å². The second kappa shape index (κ2) is 8.77. The summed E-state index contributed by atoms with van der Waals surface area (Å²) in [7, 11) is 0. The summed E-state index contributed by atoms with van der Waals surface area (Å²) in [6.07, 6.45) is -0.816. The van der Waals surface area contributed by atoms with Crippen molar-refractivity contribution in [2.75, 3.05) is 19.8 Å². The highest BCUT2D eigenvalue weighted by Crippen LogP contribution is 2.05. The molecule has 0 aromatic carbocycles. The first-order valence-corrected chi connectivity index (χ1v) is 4.66. The smallest absolute Gasteiger partial charge is 0.160 e. The van der Waals surface area contributed by atoms with E-state index in [1.54, 1.807) is 0 Å². The quantitative estimate of drug-likeness (QED) is 0.280. The number of ether oxygens (including phenoxy) is 2. The zero-order valence-corrected chi connectivity index (χ0v) is 8.59. The van der Waals surface area contributed by atoms with Crippen LogP contribution in [0.25, 0.3) is 10.4 Å². The van der Waals surface area contributed by atoms with Gasteiger partial charge in [-0.15, -0.1) is 0 Å². The number of rotatable bonds is 8. The van der Waals surface area contributed by atoms with E-state index in [1.165, 1.54) is 0 Å². The Morgan fingerprint density at radius 1 is 1.36 bits per heavy atom. The molecular weight excluding hydrogens is 186 g/mol. The molecule has 0 aromatic rings. The Kier molecular flexibility index (Phi) is 8.27. The van der Waals surface area contributed by atoms with E-state index >= 15 is 0 Å². The summed E-state index contributed by atoms with van der Waals surface area (Å²) in [5, 5.41) is 12.6. The molecule has 0 radical (unpaired) electrons. The SMILES string of the molecule is CCOC(CC(O)CN=[N+]=[N-])OCC. The van der Waals surface area contributed by atoms with Gasteiger partial charge in [0.15, 0.2) is 6.29 Å². The first-order valence-electron chi connectivity index (χ1n) is 4.66. The van der Waals surface area contributed by atoms with Gasteiger partial charge in [-0.05, 0) is 19.4 Å². The van der Waals surface area contributed by atoms with Gasteiger partial charge in [0.1, 0.15) is 0 Å². The Bertz CT molecular complexity index is 177. The Morgan fingerprint density at radius 3 is 2.36 bits per heavy atom. The van der Waals surface area contributed by atoms with Crippen molar-refractivity contribution in [2.45, 2.75) is 32.7 Å². The highest BCUT2D eigenvalue weighted by atomic mass is 16.7. The summed E-state index contributed by atoms with van der Waals surface area (Å²) in [5.41, 5.74) is 8.04. The van der Waals surface area contributed by atoms with Crippen LogP contribution in [0.1, 0.15) is 20.3 Å². The maximum absolute atomic E-state index is 9.38. The van der Waals surface area contributed by atoms with Crippen LogP contribution in [-0.4, -0.2) is 37.3 Å². The Balaban J connectivity index is 3.81. The molecule has 1 unspecified atom stereocenters. The van der Waals surface area contributed by atoms with Gasteiger partial charge in [-0.2, -0.15) is 0 Å². The van der Waals surface area contributed by atoms with E-state index < -0.39 is 12.4 Å². The molecule has 0 bridgehead atoms. The molecule has 82 valence electrons. The first-order chi connectivity index (χ1) is 6.74. The molecule has 0 amide bonds. The van der Waals surface area contributed by atoms with Gasteiger partial charge in [0.2, 0.25) is 0 Å². The van der Waals surface area contributed by atoms with Crippen molar-refractivity contribution < 1.29 is 14.6 Å². The lowest BCUT2D eigenvalue weighted by Crippen LogP contribution is -2.25. The van der Waals surface area contributed by atoms with Crippen LogP contribution in [0.5, 0.6) is 0 Å². The van der Waals surface area contributed by atoms with Crippen molar-refractivity contribution in [3.05, 3.63) is 10.4 Å². The highest BCUT2D eigenvalue weighted by Gasteiger charge is 2.13. The molecule has 6 heteroatoms. The minimum atomic E-state index is -0.714. The van der Waals surface area contributed by atoms with Crippen LogP contribution in [0.3, 0.4) is 0 Å². The lowest BCUT2D eigenvalue weighted by Gasteiger charge is -2.18. The van der Waals surface area contributed by atoms with Crippen LogP contribution >= 0.6 is 0 Å². The minimum Gasteiger partial charge on any atom is -0.393 e. The Hall–Kier alpha value is -0.810. The van der Waals surface area contributed by atoms with Gasteiger partial charge in [-0.25, -0.2) is 0 Å². The van der Waals surface area contributed by atoms with Crippen LogP contribution in [-0.2, 0) is 9.47 Å². The molecule has 1 atom stereocenters. The van der Waals surface area contributed by atoms with E-state index in [9.17, 15) is 5.11 Å². The largest absolute Gasteiger partial charge is 0.393 e. The van der Waals surface area contributed by atoms with Crippen molar-refractivity contribution in [3.8, 4) is 0 Å². The van der Waals surface area contributed by atoms with E-state index in [4.69, 9.17) is 15.0 Å². The lowest BCUT2D eigenvalue weighted by molar-refractivity contribution is -0.151. The second-order valence-corrected chi connectivity index (χ2v) is 2.64. The number of hydrogen-bond donors (Lipinski definition) is 1. The average molecular weight is 203 g/mol. The zero-order valence-electron chi connectivity index (χ0n) is 8.59. The maximum Gasteiger partial charge on any atom is 0.160 e. The summed E-state index contributed by atoms with van der Waals surface area (Å²) in [6.45, 7) is 4.81.